The Hall–Kier alpha value is -3.76. The second-order valence-electron chi connectivity index (χ2n) is 8.58. The summed E-state index contributed by atoms with van der Waals surface area (Å²) in [5.41, 5.74) is 1.32. The lowest BCUT2D eigenvalue weighted by Gasteiger charge is -2.34. The van der Waals surface area contributed by atoms with Gasteiger partial charge in [0.15, 0.2) is 0 Å². The molecule has 0 bridgehead atoms. The van der Waals surface area contributed by atoms with Crippen LogP contribution < -0.4 is 9.62 Å². The van der Waals surface area contributed by atoms with Crippen molar-refractivity contribution in [2.45, 2.75) is 19.0 Å². The molecule has 37 heavy (non-hydrogen) atoms. The number of hydrogen-bond acceptors (Lipinski definition) is 4. The van der Waals surface area contributed by atoms with Crippen molar-refractivity contribution in [3.63, 3.8) is 0 Å². The highest BCUT2D eigenvalue weighted by Crippen LogP contribution is 2.24. The molecule has 0 aliphatic heterocycles. The summed E-state index contributed by atoms with van der Waals surface area (Å²) >= 11 is 0. The van der Waals surface area contributed by atoms with E-state index in [-0.39, 0.29) is 18.7 Å². The number of nitrogens with zero attached hydrogens (tertiary/aromatic N) is 3. The summed E-state index contributed by atoms with van der Waals surface area (Å²) in [5, 5.41) is 2.62. The number of carbonyl (C=O) groups excluding carboxylic acids is 2. The molecule has 0 radical (unpaired) electrons. The van der Waals surface area contributed by atoms with Gasteiger partial charge in [-0.3, -0.25) is 9.59 Å². The highest BCUT2D eigenvalue weighted by Gasteiger charge is 2.35. The van der Waals surface area contributed by atoms with Gasteiger partial charge in [-0.2, -0.15) is 12.7 Å². The lowest BCUT2D eigenvalue weighted by Crippen LogP contribution is -2.54. The van der Waals surface area contributed by atoms with Gasteiger partial charge in [0.25, 0.3) is 0 Å². The van der Waals surface area contributed by atoms with E-state index in [1.807, 2.05) is 60.7 Å². The Labute approximate surface area is 217 Å². The van der Waals surface area contributed by atoms with E-state index >= 15 is 0 Å². The first-order valence-electron chi connectivity index (χ1n) is 11.7. The summed E-state index contributed by atoms with van der Waals surface area (Å²) in [6, 6.07) is 22.7. The molecule has 3 aromatic carbocycles. The minimum absolute atomic E-state index is 0.0533. The van der Waals surface area contributed by atoms with E-state index in [2.05, 4.69) is 5.32 Å². The minimum Gasteiger partial charge on any atom is -0.357 e. The highest BCUT2D eigenvalue weighted by molar-refractivity contribution is 7.90. The number of likely N-dealkylation sites (N-methyl/N-ethyl adjacent to an activating group) is 1. The molecular weight excluding hydrogens is 495 g/mol. The maximum Gasteiger partial charge on any atom is 0.304 e. The zero-order valence-electron chi connectivity index (χ0n) is 21.0. The zero-order chi connectivity index (χ0) is 27.0. The topological polar surface area (TPSA) is 90.0 Å². The van der Waals surface area contributed by atoms with Crippen LogP contribution in [-0.4, -0.2) is 63.2 Å². The predicted molar refractivity (Wildman–Crippen MR) is 141 cm³/mol. The minimum atomic E-state index is -4.25. The van der Waals surface area contributed by atoms with E-state index in [4.69, 9.17) is 0 Å². The van der Waals surface area contributed by atoms with Crippen molar-refractivity contribution >= 4 is 27.7 Å². The monoisotopic (exact) mass is 526 g/mol. The standard InChI is InChI=1S/C27H31FN4O4S/c1-29-27(34)25(18-21-12-6-4-7-13-21)31(19-22-14-8-5-9-15-22)26(33)20-32(37(35,36)30(2)3)24-17-11-10-16-23(24)28/h4-17,25H,18-20H2,1-3H3,(H,29,34)/t25-/m0/s1. The number of halogens is 1. The highest BCUT2D eigenvalue weighted by atomic mass is 32.2. The molecule has 196 valence electrons. The van der Waals surface area contributed by atoms with Crippen LogP contribution in [0.25, 0.3) is 0 Å². The number of carbonyl (C=O) groups is 2. The summed E-state index contributed by atoms with van der Waals surface area (Å²) in [6.07, 6.45) is 0.208. The first-order chi connectivity index (χ1) is 17.6. The van der Waals surface area contributed by atoms with Gasteiger partial charge in [-0.15, -0.1) is 0 Å². The lowest BCUT2D eigenvalue weighted by atomic mass is 10.0. The van der Waals surface area contributed by atoms with E-state index in [1.54, 1.807) is 0 Å². The van der Waals surface area contributed by atoms with Gasteiger partial charge in [-0.1, -0.05) is 72.8 Å². The molecule has 0 aliphatic carbocycles. The third-order valence-electron chi connectivity index (χ3n) is 5.85. The number of para-hydroxylation sites is 1. The normalized spacial score (nSPS) is 12.1. The third-order valence-corrected chi connectivity index (χ3v) is 7.66. The molecule has 3 rings (SSSR count). The summed E-state index contributed by atoms with van der Waals surface area (Å²) in [5.74, 6) is -1.84. The summed E-state index contributed by atoms with van der Waals surface area (Å²) in [7, 11) is -0.161. The number of amides is 2. The quantitative estimate of drug-likeness (QED) is 0.416. The van der Waals surface area contributed by atoms with Crippen LogP contribution in [0.15, 0.2) is 84.9 Å². The molecule has 0 aliphatic rings. The first kappa shape index (κ1) is 27.8. The fourth-order valence-corrected chi connectivity index (χ4v) is 4.92. The van der Waals surface area contributed by atoms with Crippen molar-refractivity contribution in [3.05, 3.63) is 102 Å². The van der Waals surface area contributed by atoms with Crippen molar-refractivity contribution in [2.24, 2.45) is 0 Å². The van der Waals surface area contributed by atoms with Crippen LogP contribution in [-0.2, 0) is 32.8 Å². The SMILES string of the molecule is CNC(=O)[C@H](Cc1ccccc1)N(Cc1ccccc1)C(=O)CN(c1ccccc1F)S(=O)(=O)N(C)C. The molecule has 0 saturated heterocycles. The Morgan fingerprint density at radius 1 is 0.865 bits per heavy atom. The van der Waals surface area contributed by atoms with Crippen molar-refractivity contribution in [3.8, 4) is 0 Å². The van der Waals surface area contributed by atoms with Crippen molar-refractivity contribution in [1.29, 1.82) is 0 Å². The Morgan fingerprint density at radius 2 is 1.41 bits per heavy atom. The molecule has 0 aromatic heterocycles. The summed E-state index contributed by atoms with van der Waals surface area (Å²) in [6.45, 7) is -0.645. The molecule has 0 fully saturated rings. The molecule has 0 saturated carbocycles. The second kappa shape index (κ2) is 12.5. The molecule has 0 spiro atoms. The van der Waals surface area contributed by atoms with Gasteiger partial charge < -0.3 is 10.2 Å². The van der Waals surface area contributed by atoms with Crippen LogP contribution >= 0.6 is 0 Å². The zero-order valence-corrected chi connectivity index (χ0v) is 21.9. The maximum absolute atomic E-state index is 14.7. The van der Waals surface area contributed by atoms with Crippen molar-refractivity contribution in [1.82, 2.24) is 14.5 Å². The summed E-state index contributed by atoms with van der Waals surface area (Å²) < 4.78 is 42.8. The Bertz CT molecular complexity index is 1300. The van der Waals surface area contributed by atoms with Crippen LogP contribution in [0.4, 0.5) is 10.1 Å². The number of nitrogens with one attached hydrogen (secondary N) is 1. The van der Waals surface area contributed by atoms with E-state index in [0.717, 1.165) is 25.8 Å². The maximum atomic E-state index is 14.7. The van der Waals surface area contributed by atoms with Gasteiger partial charge in [0, 0.05) is 34.1 Å². The van der Waals surface area contributed by atoms with Gasteiger partial charge >= 0.3 is 10.2 Å². The Kier molecular flexibility index (Phi) is 9.37. The van der Waals surface area contributed by atoms with Gasteiger partial charge in [0.05, 0.1) is 5.69 Å². The molecule has 8 nitrogen and oxygen atoms in total. The van der Waals surface area contributed by atoms with Crippen LogP contribution in [0.2, 0.25) is 0 Å². The van der Waals surface area contributed by atoms with Crippen molar-refractivity contribution in [2.75, 3.05) is 32.0 Å². The molecular formula is C27H31FN4O4S. The number of benzene rings is 3. The van der Waals surface area contributed by atoms with Gasteiger partial charge in [-0.05, 0) is 23.3 Å². The molecule has 3 aromatic rings. The number of anilines is 1. The average molecular weight is 527 g/mol. The first-order valence-corrected chi connectivity index (χ1v) is 13.1. The van der Waals surface area contributed by atoms with E-state index in [0.29, 0.717) is 0 Å². The second-order valence-corrected chi connectivity index (χ2v) is 10.6. The van der Waals surface area contributed by atoms with E-state index in [9.17, 15) is 22.4 Å². The number of hydrogen-bond donors (Lipinski definition) is 1. The Morgan fingerprint density at radius 3 is 1.95 bits per heavy atom. The predicted octanol–water partition coefficient (Wildman–Crippen LogP) is 2.82. The van der Waals surface area contributed by atoms with Crippen LogP contribution in [0.3, 0.4) is 0 Å². The smallest absolute Gasteiger partial charge is 0.304 e. The van der Waals surface area contributed by atoms with Crippen LogP contribution in [0.1, 0.15) is 11.1 Å². The summed E-state index contributed by atoms with van der Waals surface area (Å²) in [4.78, 5) is 28.3. The van der Waals surface area contributed by atoms with Gasteiger partial charge in [0.2, 0.25) is 11.8 Å². The lowest BCUT2D eigenvalue weighted by molar-refractivity contribution is -0.139. The van der Waals surface area contributed by atoms with Crippen LogP contribution in [0, 0.1) is 5.82 Å². The van der Waals surface area contributed by atoms with Gasteiger partial charge in [0.1, 0.15) is 18.4 Å². The average Bonchev–Trinajstić information content (AvgIpc) is 2.90. The molecule has 1 N–H and O–H groups in total. The molecule has 10 heteroatoms. The fraction of sp³-hybridized carbons (Fsp3) is 0.259. The van der Waals surface area contributed by atoms with E-state index < -0.39 is 40.4 Å². The molecule has 1 atom stereocenters. The Balaban J connectivity index is 2.06. The molecule has 0 heterocycles. The van der Waals surface area contributed by atoms with Crippen molar-refractivity contribution < 1.29 is 22.4 Å². The largest absolute Gasteiger partial charge is 0.357 e. The molecule has 2 amide bonds. The van der Waals surface area contributed by atoms with Crippen LogP contribution in [0.5, 0.6) is 0 Å². The van der Waals surface area contributed by atoms with Gasteiger partial charge in [-0.25, -0.2) is 8.70 Å². The fourth-order valence-electron chi connectivity index (χ4n) is 3.86. The molecule has 0 unspecified atom stereocenters. The third kappa shape index (κ3) is 6.93. The number of rotatable bonds is 11. The van der Waals surface area contributed by atoms with E-state index in [1.165, 1.54) is 44.2 Å².